The maximum absolute atomic E-state index is 12.1. The first kappa shape index (κ1) is 16.7. The quantitative estimate of drug-likeness (QED) is 0.839. The Morgan fingerprint density at radius 2 is 1.85 bits per heavy atom. The van der Waals surface area contributed by atoms with E-state index in [2.05, 4.69) is 19.2 Å². The van der Waals surface area contributed by atoms with Crippen LogP contribution in [0.3, 0.4) is 0 Å². The van der Waals surface area contributed by atoms with Gasteiger partial charge in [0.25, 0.3) is 5.91 Å². The number of primary sulfonamides is 1. The molecule has 0 aliphatic heterocycles. The summed E-state index contributed by atoms with van der Waals surface area (Å²) in [5.41, 5.74) is 1.00. The molecule has 0 saturated heterocycles. The van der Waals surface area contributed by atoms with Crippen LogP contribution >= 0.6 is 0 Å². The summed E-state index contributed by atoms with van der Waals surface area (Å²) in [5, 5.41) is 7.93. The van der Waals surface area contributed by atoms with Crippen molar-refractivity contribution in [1.29, 1.82) is 0 Å². The maximum Gasteiger partial charge on any atom is 0.251 e. The molecule has 0 unspecified atom stereocenters. The summed E-state index contributed by atoms with van der Waals surface area (Å²) in [5.74, 6) is 0.159. The SMILES string of the molecule is CCC(CC)CNC(=O)c1cc(C)cc(S(N)(=O)=O)c1. The van der Waals surface area contributed by atoms with Crippen LogP contribution in [0.1, 0.15) is 42.6 Å². The lowest BCUT2D eigenvalue weighted by Crippen LogP contribution is -2.29. The van der Waals surface area contributed by atoms with E-state index in [0.717, 1.165) is 12.8 Å². The van der Waals surface area contributed by atoms with Crippen molar-refractivity contribution in [3.8, 4) is 0 Å². The molecular formula is C14H22N2O3S. The third kappa shape index (κ3) is 4.61. The van der Waals surface area contributed by atoms with Crippen molar-refractivity contribution in [2.24, 2.45) is 11.1 Å². The number of aryl methyl sites for hydroxylation is 1. The molecule has 1 aromatic rings. The number of carbonyl (C=O) groups is 1. The zero-order valence-corrected chi connectivity index (χ0v) is 13.0. The first-order chi connectivity index (χ1) is 9.27. The lowest BCUT2D eigenvalue weighted by molar-refractivity contribution is 0.0946. The van der Waals surface area contributed by atoms with E-state index in [9.17, 15) is 13.2 Å². The standard InChI is InChI=1S/C14H22N2O3S/c1-4-11(5-2)9-16-14(17)12-6-10(3)7-13(8-12)20(15,18)19/h6-8,11H,4-5,9H2,1-3H3,(H,16,17)(H2,15,18,19). The number of rotatable bonds is 6. The van der Waals surface area contributed by atoms with E-state index in [0.29, 0.717) is 23.6 Å². The molecular weight excluding hydrogens is 276 g/mol. The molecule has 3 N–H and O–H groups in total. The lowest BCUT2D eigenvalue weighted by atomic mass is 10.0. The Morgan fingerprint density at radius 1 is 1.25 bits per heavy atom. The van der Waals surface area contributed by atoms with Gasteiger partial charge >= 0.3 is 0 Å². The molecule has 0 radical (unpaired) electrons. The second-order valence-corrected chi connectivity index (χ2v) is 6.53. The molecule has 112 valence electrons. The van der Waals surface area contributed by atoms with Crippen molar-refractivity contribution in [2.75, 3.05) is 6.54 Å². The average Bonchev–Trinajstić information content (AvgIpc) is 2.38. The first-order valence-electron chi connectivity index (χ1n) is 6.70. The number of nitrogens with two attached hydrogens (primary N) is 1. The zero-order valence-electron chi connectivity index (χ0n) is 12.1. The zero-order chi connectivity index (χ0) is 15.3. The van der Waals surface area contributed by atoms with Crippen molar-refractivity contribution in [2.45, 2.75) is 38.5 Å². The molecule has 1 rings (SSSR count). The molecule has 5 nitrogen and oxygen atoms in total. The van der Waals surface area contributed by atoms with Gasteiger partial charge in [0.2, 0.25) is 10.0 Å². The maximum atomic E-state index is 12.1. The summed E-state index contributed by atoms with van der Waals surface area (Å²) >= 11 is 0. The predicted molar refractivity (Wildman–Crippen MR) is 79.0 cm³/mol. The molecule has 0 aliphatic rings. The molecule has 0 heterocycles. The van der Waals surface area contributed by atoms with Gasteiger partial charge in [0.15, 0.2) is 0 Å². The molecule has 0 fully saturated rings. The third-order valence-electron chi connectivity index (χ3n) is 3.35. The van der Waals surface area contributed by atoms with Crippen LogP contribution in [0.4, 0.5) is 0 Å². The fourth-order valence-electron chi connectivity index (χ4n) is 1.96. The van der Waals surface area contributed by atoms with Crippen LogP contribution in [-0.4, -0.2) is 20.9 Å². The van der Waals surface area contributed by atoms with Gasteiger partial charge in [-0.3, -0.25) is 4.79 Å². The normalized spacial score (nSPS) is 11.7. The largest absolute Gasteiger partial charge is 0.352 e. The smallest absolute Gasteiger partial charge is 0.251 e. The summed E-state index contributed by atoms with van der Waals surface area (Å²) in [6, 6.07) is 4.41. The van der Waals surface area contributed by atoms with E-state index in [1.54, 1.807) is 13.0 Å². The second-order valence-electron chi connectivity index (χ2n) is 4.97. The van der Waals surface area contributed by atoms with Crippen LogP contribution in [0.5, 0.6) is 0 Å². The second kappa shape index (κ2) is 6.85. The van der Waals surface area contributed by atoms with Gasteiger partial charge in [0.1, 0.15) is 0 Å². The first-order valence-corrected chi connectivity index (χ1v) is 8.25. The van der Waals surface area contributed by atoms with Gasteiger partial charge in [-0.2, -0.15) is 0 Å². The number of amides is 1. The van der Waals surface area contributed by atoms with Crippen LogP contribution < -0.4 is 10.5 Å². The Bertz CT molecular complexity index is 578. The fourth-order valence-corrected chi connectivity index (χ4v) is 2.60. The summed E-state index contributed by atoms with van der Waals surface area (Å²) in [4.78, 5) is 12.0. The van der Waals surface area contributed by atoms with Gasteiger partial charge in [-0.1, -0.05) is 26.7 Å². The highest BCUT2D eigenvalue weighted by molar-refractivity contribution is 7.89. The van der Waals surface area contributed by atoms with Crippen molar-refractivity contribution >= 4 is 15.9 Å². The highest BCUT2D eigenvalue weighted by Crippen LogP contribution is 2.14. The van der Waals surface area contributed by atoms with E-state index in [4.69, 9.17) is 5.14 Å². The molecule has 0 saturated carbocycles. The van der Waals surface area contributed by atoms with Gasteiger partial charge in [-0.05, 0) is 36.6 Å². The van der Waals surface area contributed by atoms with Crippen molar-refractivity contribution < 1.29 is 13.2 Å². The van der Waals surface area contributed by atoms with Gasteiger partial charge in [0.05, 0.1) is 4.90 Å². The van der Waals surface area contributed by atoms with Crippen molar-refractivity contribution in [3.05, 3.63) is 29.3 Å². The number of hydrogen-bond donors (Lipinski definition) is 2. The summed E-state index contributed by atoms with van der Waals surface area (Å²) in [6.45, 7) is 6.47. The van der Waals surface area contributed by atoms with Gasteiger partial charge in [0, 0.05) is 12.1 Å². The topological polar surface area (TPSA) is 89.3 Å². The van der Waals surface area contributed by atoms with E-state index in [1.165, 1.54) is 12.1 Å². The van der Waals surface area contributed by atoms with Crippen molar-refractivity contribution in [3.63, 3.8) is 0 Å². The van der Waals surface area contributed by atoms with Crippen LogP contribution in [-0.2, 0) is 10.0 Å². The molecule has 0 bridgehead atoms. The lowest BCUT2D eigenvalue weighted by Gasteiger charge is -2.13. The van der Waals surface area contributed by atoms with E-state index < -0.39 is 10.0 Å². The van der Waals surface area contributed by atoms with Gasteiger partial charge in [-0.25, -0.2) is 13.6 Å². The Balaban J connectivity index is 2.91. The molecule has 1 aromatic carbocycles. The summed E-state index contributed by atoms with van der Waals surface area (Å²) in [6.07, 6.45) is 1.99. The number of carbonyl (C=O) groups excluding carboxylic acids is 1. The molecule has 0 spiro atoms. The minimum atomic E-state index is -3.80. The highest BCUT2D eigenvalue weighted by atomic mass is 32.2. The Morgan fingerprint density at radius 3 is 2.35 bits per heavy atom. The molecule has 0 aromatic heterocycles. The monoisotopic (exact) mass is 298 g/mol. The van der Waals surface area contributed by atoms with Crippen LogP contribution in [0.15, 0.2) is 23.1 Å². The van der Waals surface area contributed by atoms with Crippen LogP contribution in [0.25, 0.3) is 0 Å². The van der Waals surface area contributed by atoms with E-state index in [-0.39, 0.29) is 10.8 Å². The molecule has 1 amide bonds. The van der Waals surface area contributed by atoms with Gasteiger partial charge < -0.3 is 5.32 Å². The number of hydrogen-bond acceptors (Lipinski definition) is 3. The Labute approximate surface area is 120 Å². The highest BCUT2D eigenvalue weighted by Gasteiger charge is 2.14. The third-order valence-corrected chi connectivity index (χ3v) is 4.24. The Hall–Kier alpha value is -1.40. The van der Waals surface area contributed by atoms with Crippen LogP contribution in [0.2, 0.25) is 0 Å². The molecule has 0 aliphatic carbocycles. The number of sulfonamides is 1. The summed E-state index contributed by atoms with van der Waals surface area (Å²) < 4.78 is 22.7. The molecule has 0 atom stereocenters. The fraction of sp³-hybridized carbons (Fsp3) is 0.500. The average molecular weight is 298 g/mol. The van der Waals surface area contributed by atoms with Crippen LogP contribution in [0, 0.1) is 12.8 Å². The Kier molecular flexibility index (Phi) is 5.71. The summed E-state index contributed by atoms with van der Waals surface area (Å²) in [7, 11) is -3.80. The minimum Gasteiger partial charge on any atom is -0.352 e. The van der Waals surface area contributed by atoms with E-state index in [1.807, 2.05) is 0 Å². The number of benzene rings is 1. The molecule has 20 heavy (non-hydrogen) atoms. The van der Waals surface area contributed by atoms with Gasteiger partial charge in [-0.15, -0.1) is 0 Å². The van der Waals surface area contributed by atoms with Crippen molar-refractivity contribution in [1.82, 2.24) is 5.32 Å². The van der Waals surface area contributed by atoms with E-state index >= 15 is 0 Å². The minimum absolute atomic E-state index is 0.0369. The number of nitrogens with one attached hydrogen (secondary N) is 1. The molecule has 6 heteroatoms. The predicted octanol–water partition coefficient (Wildman–Crippen LogP) is 1.81.